The summed E-state index contributed by atoms with van der Waals surface area (Å²) in [5, 5.41) is 3.38. The van der Waals surface area contributed by atoms with E-state index in [-0.39, 0.29) is 18.4 Å². The molecule has 2 amide bonds. The molecule has 1 aliphatic heterocycles. The Morgan fingerprint density at radius 2 is 1.76 bits per heavy atom. The van der Waals surface area contributed by atoms with Crippen LogP contribution in [0.5, 0.6) is 0 Å². The van der Waals surface area contributed by atoms with E-state index in [9.17, 15) is 9.59 Å². The van der Waals surface area contributed by atoms with Crippen molar-refractivity contribution >= 4 is 34.8 Å². The Morgan fingerprint density at radius 1 is 1.12 bits per heavy atom. The van der Waals surface area contributed by atoms with Gasteiger partial charge in [-0.05, 0) is 38.1 Å². The number of rotatable bonds is 4. The Balaban J connectivity index is 1.76. The van der Waals surface area contributed by atoms with Crippen LogP contribution in [0, 0.1) is 0 Å². The summed E-state index contributed by atoms with van der Waals surface area (Å²) in [4.78, 5) is 31.1. The maximum absolute atomic E-state index is 12.8. The van der Waals surface area contributed by atoms with Crippen LogP contribution in [0.15, 0.2) is 59.6 Å². The number of carbonyl (C=O) groups excluding carboxylic acids is 2. The lowest BCUT2D eigenvalue weighted by molar-refractivity contribution is -0.131. The summed E-state index contributed by atoms with van der Waals surface area (Å²) >= 11 is 5.90. The van der Waals surface area contributed by atoms with Gasteiger partial charge in [-0.1, -0.05) is 41.9 Å². The Kier molecular flexibility index (Phi) is 4.59. The molecule has 1 N–H and O–H groups in total. The molecule has 0 fully saturated rings. The van der Waals surface area contributed by atoms with Gasteiger partial charge in [0.25, 0.3) is 5.91 Å². The van der Waals surface area contributed by atoms with E-state index in [0.29, 0.717) is 22.0 Å². The fourth-order valence-corrected chi connectivity index (χ4v) is 2.81. The van der Waals surface area contributed by atoms with Crippen molar-refractivity contribution in [1.82, 2.24) is 4.90 Å². The van der Waals surface area contributed by atoms with Crippen LogP contribution >= 0.6 is 11.6 Å². The molecule has 0 saturated carbocycles. The van der Waals surface area contributed by atoms with E-state index < -0.39 is 5.66 Å². The molecular weight excluding hydrogens is 338 g/mol. The number of halogens is 1. The molecule has 3 rings (SSSR count). The minimum absolute atomic E-state index is 0.0681. The average Bonchev–Trinajstić information content (AvgIpc) is 2.80. The predicted octanol–water partition coefficient (Wildman–Crippen LogP) is 3.35. The summed E-state index contributed by atoms with van der Waals surface area (Å²) in [5.41, 5.74) is 0.929. The molecule has 0 atom stereocenters. The fourth-order valence-electron chi connectivity index (χ4n) is 2.68. The fraction of sp³-hybridized carbons (Fsp3) is 0.211. The second kappa shape index (κ2) is 6.69. The molecule has 25 heavy (non-hydrogen) atoms. The zero-order chi connectivity index (χ0) is 18.0. The molecule has 1 heterocycles. The maximum Gasteiger partial charge on any atom is 0.275 e. The van der Waals surface area contributed by atoms with Crippen molar-refractivity contribution in [2.24, 2.45) is 4.99 Å². The summed E-state index contributed by atoms with van der Waals surface area (Å²) in [6.45, 7) is 3.55. The van der Waals surface area contributed by atoms with E-state index in [0.717, 1.165) is 0 Å². The van der Waals surface area contributed by atoms with Crippen molar-refractivity contribution < 1.29 is 9.59 Å². The SMILES string of the molecule is CC1(C)N=C(c2ccc(Cl)cc2)C(=O)N1CC(=O)Nc1ccccc1. The van der Waals surface area contributed by atoms with Crippen molar-refractivity contribution in [3.63, 3.8) is 0 Å². The second-order valence-corrected chi connectivity index (χ2v) is 6.70. The number of hydrogen-bond donors (Lipinski definition) is 1. The zero-order valence-corrected chi connectivity index (χ0v) is 14.7. The lowest BCUT2D eigenvalue weighted by Crippen LogP contribution is -2.46. The summed E-state index contributed by atoms with van der Waals surface area (Å²) in [6.07, 6.45) is 0. The summed E-state index contributed by atoms with van der Waals surface area (Å²) in [6, 6.07) is 16.1. The van der Waals surface area contributed by atoms with E-state index in [1.807, 2.05) is 32.0 Å². The third-order valence-corrected chi connectivity index (χ3v) is 4.22. The summed E-state index contributed by atoms with van der Waals surface area (Å²) in [5.74, 6) is -0.532. The van der Waals surface area contributed by atoms with Crippen LogP contribution in [0.3, 0.4) is 0 Å². The highest BCUT2D eigenvalue weighted by molar-refractivity contribution is 6.47. The smallest absolute Gasteiger partial charge is 0.275 e. The largest absolute Gasteiger partial charge is 0.325 e. The van der Waals surface area contributed by atoms with Crippen LogP contribution in [0.25, 0.3) is 0 Å². The first-order chi connectivity index (χ1) is 11.9. The quantitative estimate of drug-likeness (QED) is 0.914. The van der Waals surface area contributed by atoms with E-state index in [2.05, 4.69) is 10.3 Å². The number of amides is 2. The van der Waals surface area contributed by atoms with Gasteiger partial charge < -0.3 is 10.2 Å². The Bertz CT molecular complexity index is 830. The van der Waals surface area contributed by atoms with Gasteiger partial charge in [0.2, 0.25) is 5.91 Å². The highest BCUT2D eigenvalue weighted by atomic mass is 35.5. The van der Waals surface area contributed by atoms with Crippen molar-refractivity contribution in [2.75, 3.05) is 11.9 Å². The monoisotopic (exact) mass is 355 g/mol. The van der Waals surface area contributed by atoms with E-state index in [4.69, 9.17) is 11.6 Å². The number of nitrogens with one attached hydrogen (secondary N) is 1. The molecule has 2 aromatic rings. The molecule has 0 aromatic heterocycles. The number of aliphatic imine (C=N–C) groups is 1. The number of carbonyl (C=O) groups is 2. The van der Waals surface area contributed by atoms with E-state index in [1.165, 1.54) is 4.90 Å². The molecule has 0 radical (unpaired) electrons. The van der Waals surface area contributed by atoms with Crippen molar-refractivity contribution in [2.45, 2.75) is 19.5 Å². The third-order valence-electron chi connectivity index (χ3n) is 3.97. The number of para-hydroxylation sites is 1. The van der Waals surface area contributed by atoms with Crippen molar-refractivity contribution in [1.29, 1.82) is 0 Å². The number of hydrogen-bond acceptors (Lipinski definition) is 3. The highest BCUT2D eigenvalue weighted by Gasteiger charge is 2.41. The molecular formula is C19H18ClN3O2. The molecule has 0 aliphatic carbocycles. The van der Waals surface area contributed by atoms with Crippen LogP contribution in [0.4, 0.5) is 5.69 Å². The van der Waals surface area contributed by atoms with Crippen LogP contribution in [-0.2, 0) is 9.59 Å². The first-order valence-electron chi connectivity index (χ1n) is 7.89. The van der Waals surface area contributed by atoms with Gasteiger partial charge in [0, 0.05) is 16.3 Å². The molecule has 0 bridgehead atoms. The minimum Gasteiger partial charge on any atom is -0.325 e. The molecule has 6 heteroatoms. The standard InChI is InChI=1S/C19H18ClN3O2/c1-19(2)22-17(13-8-10-14(20)11-9-13)18(25)23(19)12-16(24)21-15-6-4-3-5-7-15/h3-11H,12H2,1-2H3,(H,21,24). The Labute approximate surface area is 151 Å². The van der Waals surface area contributed by atoms with Crippen molar-refractivity contribution in [3.05, 3.63) is 65.2 Å². The number of anilines is 1. The second-order valence-electron chi connectivity index (χ2n) is 6.27. The number of nitrogens with zero attached hydrogens (tertiary/aromatic N) is 2. The lowest BCUT2D eigenvalue weighted by atomic mass is 10.1. The van der Waals surface area contributed by atoms with Gasteiger partial charge in [-0.25, -0.2) is 0 Å². The van der Waals surface area contributed by atoms with Gasteiger partial charge in [0.1, 0.15) is 17.9 Å². The highest BCUT2D eigenvalue weighted by Crippen LogP contribution is 2.26. The topological polar surface area (TPSA) is 61.8 Å². The normalized spacial score (nSPS) is 15.9. The van der Waals surface area contributed by atoms with Gasteiger partial charge in [-0.2, -0.15) is 0 Å². The van der Waals surface area contributed by atoms with Gasteiger partial charge in [-0.3, -0.25) is 14.6 Å². The molecule has 128 valence electrons. The van der Waals surface area contributed by atoms with Crippen molar-refractivity contribution in [3.8, 4) is 0 Å². The predicted molar refractivity (Wildman–Crippen MR) is 98.9 cm³/mol. The summed E-state index contributed by atoms with van der Waals surface area (Å²) < 4.78 is 0. The van der Waals surface area contributed by atoms with E-state index in [1.54, 1.807) is 36.4 Å². The zero-order valence-electron chi connectivity index (χ0n) is 14.0. The first-order valence-corrected chi connectivity index (χ1v) is 8.27. The molecule has 1 aliphatic rings. The van der Waals surface area contributed by atoms with Crippen LogP contribution in [0.1, 0.15) is 19.4 Å². The number of benzene rings is 2. The van der Waals surface area contributed by atoms with Gasteiger partial charge in [0.05, 0.1) is 0 Å². The van der Waals surface area contributed by atoms with Gasteiger partial charge in [0.15, 0.2) is 0 Å². The third kappa shape index (κ3) is 3.72. The molecule has 0 saturated heterocycles. The van der Waals surface area contributed by atoms with Gasteiger partial charge >= 0.3 is 0 Å². The Hall–Kier alpha value is -2.66. The lowest BCUT2D eigenvalue weighted by Gasteiger charge is -2.28. The maximum atomic E-state index is 12.8. The van der Waals surface area contributed by atoms with Gasteiger partial charge in [-0.15, -0.1) is 0 Å². The molecule has 0 unspecified atom stereocenters. The van der Waals surface area contributed by atoms with Crippen LogP contribution in [-0.4, -0.2) is 34.6 Å². The Morgan fingerprint density at radius 3 is 2.40 bits per heavy atom. The summed E-state index contributed by atoms with van der Waals surface area (Å²) in [7, 11) is 0. The molecule has 2 aromatic carbocycles. The average molecular weight is 356 g/mol. The molecule has 5 nitrogen and oxygen atoms in total. The molecule has 0 spiro atoms. The first kappa shape index (κ1) is 17.2. The van der Waals surface area contributed by atoms with Crippen LogP contribution < -0.4 is 5.32 Å². The minimum atomic E-state index is -0.792. The van der Waals surface area contributed by atoms with E-state index >= 15 is 0 Å². The van der Waals surface area contributed by atoms with Crippen LogP contribution in [0.2, 0.25) is 5.02 Å².